The first kappa shape index (κ1) is 17.1. The number of nitrogens with zero attached hydrogens (tertiary/aromatic N) is 1. The van der Waals surface area contributed by atoms with Crippen molar-refractivity contribution in [3.8, 4) is 0 Å². The highest BCUT2D eigenvalue weighted by molar-refractivity contribution is 7.80. The van der Waals surface area contributed by atoms with Gasteiger partial charge in [-0.1, -0.05) is 39.3 Å². The highest BCUT2D eigenvalue weighted by Crippen LogP contribution is 2.36. The van der Waals surface area contributed by atoms with Gasteiger partial charge >= 0.3 is 0 Å². The summed E-state index contributed by atoms with van der Waals surface area (Å²) in [6, 6.07) is 6.08. The van der Waals surface area contributed by atoms with Gasteiger partial charge in [-0.25, -0.2) is 4.21 Å². The van der Waals surface area contributed by atoms with Crippen molar-refractivity contribution < 1.29 is 13.3 Å². The van der Waals surface area contributed by atoms with Gasteiger partial charge in [0.1, 0.15) is 4.90 Å². The van der Waals surface area contributed by atoms with Gasteiger partial charge in [0.25, 0.3) is 5.69 Å². The average Bonchev–Trinajstić information content (AvgIpc) is 2.46. The molecule has 0 spiro atoms. The Morgan fingerprint density at radius 3 is 2.64 bits per heavy atom. The molecule has 22 heavy (non-hydrogen) atoms. The van der Waals surface area contributed by atoms with Crippen molar-refractivity contribution in [2.45, 2.75) is 51.0 Å². The molecule has 0 bridgehead atoms. The minimum atomic E-state index is -1.81. The summed E-state index contributed by atoms with van der Waals surface area (Å²) in [5.41, 5.74) is -0.147. The molecule has 0 saturated heterocycles. The van der Waals surface area contributed by atoms with Crippen molar-refractivity contribution >= 4 is 16.8 Å². The number of nitro benzene ring substituents is 1. The Morgan fingerprint density at radius 1 is 1.32 bits per heavy atom. The fourth-order valence-electron chi connectivity index (χ4n) is 3.14. The topological polar surface area (TPSA) is 69.4 Å². The van der Waals surface area contributed by atoms with Crippen LogP contribution in [0.1, 0.15) is 40.0 Å². The zero-order valence-electron chi connectivity index (χ0n) is 13.2. The van der Waals surface area contributed by atoms with Crippen molar-refractivity contribution in [2.75, 3.05) is 0 Å². The molecule has 1 aromatic rings. The molecule has 0 heterocycles. The lowest BCUT2D eigenvalue weighted by atomic mass is 9.75. The largest absolute Gasteiger partial charge is 0.287 e. The maximum absolute atomic E-state index is 12.5. The molecule has 5 nitrogen and oxygen atoms in total. The van der Waals surface area contributed by atoms with Gasteiger partial charge in [-0.3, -0.25) is 14.3 Å². The summed E-state index contributed by atoms with van der Waals surface area (Å²) in [6.07, 6.45) is 2.96. The van der Waals surface area contributed by atoms with Gasteiger partial charge in [0, 0.05) is 6.07 Å². The van der Waals surface area contributed by atoms with Crippen LogP contribution in [0.4, 0.5) is 5.69 Å². The second-order valence-electron chi connectivity index (χ2n) is 6.42. The van der Waals surface area contributed by atoms with E-state index >= 15 is 0 Å². The summed E-state index contributed by atoms with van der Waals surface area (Å²) >= 11 is -1.81. The van der Waals surface area contributed by atoms with Crippen molar-refractivity contribution in [2.24, 2.45) is 17.8 Å². The summed E-state index contributed by atoms with van der Waals surface area (Å²) < 4.78 is 18.3. The van der Waals surface area contributed by atoms with Gasteiger partial charge in [-0.2, -0.15) is 0 Å². The molecule has 1 aromatic carbocycles. The molecule has 1 aliphatic rings. The molecule has 1 aliphatic carbocycles. The van der Waals surface area contributed by atoms with E-state index in [1.54, 1.807) is 12.1 Å². The molecular formula is C16H23NO4S. The van der Waals surface area contributed by atoms with Crippen LogP contribution >= 0.6 is 0 Å². The van der Waals surface area contributed by atoms with E-state index in [2.05, 4.69) is 20.8 Å². The third-order valence-corrected chi connectivity index (χ3v) is 5.54. The first-order valence-corrected chi connectivity index (χ1v) is 8.80. The van der Waals surface area contributed by atoms with E-state index in [0.29, 0.717) is 17.8 Å². The standard InChI is InChI=1S/C16H23NO4S/c1-11(2)13-9-8-12(3)10-15(13)21-22(20)16-7-5-4-6-14(16)17(18)19/h4-7,11-13,15H,8-10H2,1-3H3/t12?,13?,15?,22-/m0/s1. The predicted octanol–water partition coefficient (Wildman–Crippen LogP) is 4.09. The molecule has 0 radical (unpaired) electrons. The molecule has 122 valence electrons. The summed E-state index contributed by atoms with van der Waals surface area (Å²) in [6.45, 7) is 6.45. The average molecular weight is 325 g/mol. The first-order chi connectivity index (χ1) is 10.4. The van der Waals surface area contributed by atoms with Crippen molar-refractivity contribution in [1.29, 1.82) is 0 Å². The molecular weight excluding hydrogens is 302 g/mol. The molecule has 0 aromatic heterocycles. The summed E-state index contributed by atoms with van der Waals surface area (Å²) in [4.78, 5) is 10.7. The molecule has 0 N–H and O–H groups in total. The van der Waals surface area contributed by atoms with Crippen LogP contribution in [0.2, 0.25) is 0 Å². The Labute approximate surface area is 133 Å². The quantitative estimate of drug-likeness (QED) is 0.604. The lowest BCUT2D eigenvalue weighted by molar-refractivity contribution is -0.387. The van der Waals surface area contributed by atoms with Crippen LogP contribution in [0.3, 0.4) is 0 Å². The van der Waals surface area contributed by atoms with Gasteiger partial charge in [0.15, 0.2) is 11.1 Å². The number of hydrogen-bond donors (Lipinski definition) is 0. The number of rotatable bonds is 5. The van der Waals surface area contributed by atoms with Crippen LogP contribution in [0, 0.1) is 27.9 Å². The van der Waals surface area contributed by atoms with E-state index in [9.17, 15) is 14.3 Å². The smallest absolute Gasteiger partial charge is 0.283 e. The third-order valence-electron chi connectivity index (χ3n) is 4.41. The third kappa shape index (κ3) is 3.93. The maximum Gasteiger partial charge on any atom is 0.287 e. The van der Waals surface area contributed by atoms with Crippen LogP contribution < -0.4 is 0 Å². The van der Waals surface area contributed by atoms with Crippen molar-refractivity contribution in [3.05, 3.63) is 34.4 Å². The van der Waals surface area contributed by atoms with E-state index in [1.165, 1.54) is 12.1 Å². The number of nitro groups is 1. The number of benzene rings is 1. The SMILES string of the molecule is CC1CCC(C(C)C)C(O[S@](=O)c2ccccc2[N+](=O)[O-])C1. The van der Waals surface area contributed by atoms with E-state index in [1.807, 2.05) is 0 Å². The van der Waals surface area contributed by atoms with Crippen LogP contribution in [0.5, 0.6) is 0 Å². The fraction of sp³-hybridized carbons (Fsp3) is 0.625. The van der Waals surface area contributed by atoms with Crippen LogP contribution in [0.15, 0.2) is 29.2 Å². The highest BCUT2D eigenvalue weighted by Gasteiger charge is 2.34. The second-order valence-corrected chi connectivity index (χ2v) is 7.52. The van der Waals surface area contributed by atoms with Crippen molar-refractivity contribution in [1.82, 2.24) is 0 Å². The zero-order valence-corrected chi connectivity index (χ0v) is 14.0. The van der Waals surface area contributed by atoms with E-state index in [0.717, 1.165) is 19.3 Å². The molecule has 6 heteroatoms. The molecule has 1 saturated carbocycles. The second kappa shape index (κ2) is 7.33. The van der Waals surface area contributed by atoms with Gasteiger partial charge in [-0.15, -0.1) is 0 Å². The number of para-hydroxylation sites is 1. The van der Waals surface area contributed by atoms with Gasteiger partial charge in [-0.05, 0) is 36.7 Å². The highest BCUT2D eigenvalue weighted by atomic mass is 32.2. The van der Waals surface area contributed by atoms with Gasteiger partial charge in [0.05, 0.1) is 11.0 Å². The Kier molecular flexibility index (Phi) is 5.69. The monoisotopic (exact) mass is 325 g/mol. The van der Waals surface area contributed by atoms with Gasteiger partial charge < -0.3 is 0 Å². The maximum atomic E-state index is 12.5. The lowest BCUT2D eigenvalue weighted by Crippen LogP contribution is -2.34. The lowest BCUT2D eigenvalue weighted by Gasteiger charge is -2.36. The molecule has 0 aliphatic heterocycles. The number of hydrogen-bond acceptors (Lipinski definition) is 4. The molecule has 2 rings (SSSR count). The predicted molar refractivity (Wildman–Crippen MR) is 85.7 cm³/mol. The Morgan fingerprint density at radius 2 is 2.00 bits per heavy atom. The van der Waals surface area contributed by atoms with Crippen molar-refractivity contribution in [3.63, 3.8) is 0 Å². The minimum Gasteiger partial charge on any atom is -0.283 e. The Balaban J connectivity index is 2.18. The fourth-order valence-corrected chi connectivity index (χ4v) is 4.19. The van der Waals surface area contributed by atoms with E-state index < -0.39 is 16.0 Å². The molecule has 4 atom stereocenters. The van der Waals surface area contributed by atoms with Crippen LogP contribution in [-0.4, -0.2) is 15.2 Å². The zero-order chi connectivity index (χ0) is 16.3. The first-order valence-electron chi connectivity index (χ1n) is 7.72. The Bertz CT molecular complexity index is 561. The molecule has 1 fully saturated rings. The van der Waals surface area contributed by atoms with Gasteiger partial charge in [0.2, 0.25) is 0 Å². The minimum absolute atomic E-state index is 0.107. The van der Waals surface area contributed by atoms with Crippen LogP contribution in [-0.2, 0) is 15.3 Å². The summed E-state index contributed by atoms with van der Waals surface area (Å²) in [5.74, 6) is 1.32. The normalized spacial score (nSPS) is 26.8. The van der Waals surface area contributed by atoms with E-state index in [4.69, 9.17) is 4.18 Å². The molecule has 0 amide bonds. The summed E-state index contributed by atoms with van der Waals surface area (Å²) in [5, 5.41) is 11.1. The van der Waals surface area contributed by atoms with E-state index in [-0.39, 0.29) is 16.7 Å². The molecule has 3 unspecified atom stereocenters. The summed E-state index contributed by atoms with van der Waals surface area (Å²) in [7, 11) is 0. The Hall–Kier alpha value is -1.27. The van der Waals surface area contributed by atoms with Crippen LogP contribution in [0.25, 0.3) is 0 Å².